The average molecular weight is 415 g/mol. The second-order valence-corrected chi connectivity index (χ2v) is 9.75. The third-order valence-corrected chi connectivity index (χ3v) is 6.63. The molecule has 1 amide bonds. The largest absolute Gasteiger partial charge is 0.312 e. The molecule has 0 fully saturated rings. The van der Waals surface area contributed by atoms with Gasteiger partial charge in [0.25, 0.3) is 10.0 Å². The van der Waals surface area contributed by atoms with E-state index in [-0.39, 0.29) is 10.8 Å². The molecule has 2 aromatic carbocycles. The molecule has 0 saturated carbocycles. The van der Waals surface area contributed by atoms with Gasteiger partial charge in [0.1, 0.15) is 0 Å². The van der Waals surface area contributed by atoms with Crippen LogP contribution in [0.1, 0.15) is 51.2 Å². The summed E-state index contributed by atoms with van der Waals surface area (Å²) in [7, 11) is -3.65. The predicted molar refractivity (Wildman–Crippen MR) is 118 cm³/mol. The molecule has 0 spiro atoms. The Bertz CT molecular complexity index is 966. The average Bonchev–Trinajstić information content (AvgIpc) is 2.67. The van der Waals surface area contributed by atoms with Crippen LogP contribution in [0.3, 0.4) is 0 Å². The van der Waals surface area contributed by atoms with E-state index in [2.05, 4.69) is 25.5 Å². The number of nitrogens with zero attached hydrogens (tertiary/aromatic N) is 1. The number of anilines is 2. The first-order valence-electron chi connectivity index (χ1n) is 10.3. The van der Waals surface area contributed by atoms with Gasteiger partial charge in [0.05, 0.1) is 4.90 Å². The third kappa shape index (κ3) is 5.18. The molecule has 0 aliphatic carbocycles. The van der Waals surface area contributed by atoms with E-state index in [1.807, 2.05) is 29.2 Å². The number of sulfonamides is 1. The van der Waals surface area contributed by atoms with Crippen molar-refractivity contribution in [3.8, 4) is 0 Å². The molecule has 0 atom stereocenters. The van der Waals surface area contributed by atoms with Gasteiger partial charge in [-0.1, -0.05) is 39.3 Å². The highest BCUT2D eigenvalue weighted by atomic mass is 32.2. The molecular weight excluding hydrogens is 384 g/mol. The maximum Gasteiger partial charge on any atom is 0.261 e. The highest BCUT2D eigenvalue weighted by Crippen LogP contribution is 2.31. The number of fused-ring (bicyclic) bond motifs is 1. The van der Waals surface area contributed by atoms with E-state index < -0.39 is 10.0 Å². The Kier molecular flexibility index (Phi) is 6.63. The summed E-state index contributed by atoms with van der Waals surface area (Å²) in [5, 5.41) is 0. The predicted octanol–water partition coefficient (Wildman–Crippen LogP) is 4.77. The summed E-state index contributed by atoms with van der Waals surface area (Å²) in [6.07, 6.45) is 3.99. The molecule has 0 radical (unpaired) electrons. The second kappa shape index (κ2) is 8.99. The monoisotopic (exact) mass is 414 g/mol. The lowest BCUT2D eigenvalue weighted by Crippen LogP contribution is -2.36. The molecule has 3 rings (SSSR count). The summed E-state index contributed by atoms with van der Waals surface area (Å²) in [6, 6.07) is 12.5. The number of benzene rings is 2. The van der Waals surface area contributed by atoms with Gasteiger partial charge in [-0.3, -0.25) is 9.52 Å². The molecule has 0 aromatic heterocycles. The molecule has 0 saturated heterocycles. The fourth-order valence-corrected chi connectivity index (χ4v) is 4.64. The van der Waals surface area contributed by atoms with Crippen molar-refractivity contribution in [2.75, 3.05) is 16.2 Å². The van der Waals surface area contributed by atoms with Gasteiger partial charge in [-0.2, -0.15) is 0 Å². The van der Waals surface area contributed by atoms with Crippen LogP contribution in [0.5, 0.6) is 0 Å². The zero-order chi connectivity index (χ0) is 21.0. The van der Waals surface area contributed by atoms with Gasteiger partial charge in [-0.25, -0.2) is 8.42 Å². The number of carbonyl (C=O) groups is 1. The summed E-state index contributed by atoms with van der Waals surface area (Å²) in [5.74, 6) is 0.654. The number of hydrogen-bond acceptors (Lipinski definition) is 3. The number of rotatable bonds is 8. The van der Waals surface area contributed by atoms with Gasteiger partial charge in [-0.05, 0) is 66.6 Å². The molecule has 5 nitrogen and oxygen atoms in total. The first-order valence-corrected chi connectivity index (χ1v) is 11.8. The standard InChI is InChI=1S/C23H30N2O3S/c1-4-5-18-6-10-21(11-7-18)29(27,28)24-20-9-12-22-19(16-20)8-13-23(26)25(22)15-14-17(2)3/h6-7,9-12,16-17,24H,4-5,8,13-15H2,1-3H3. The van der Waals surface area contributed by atoms with Crippen molar-refractivity contribution in [2.24, 2.45) is 5.92 Å². The summed E-state index contributed by atoms with van der Waals surface area (Å²) in [5.41, 5.74) is 3.56. The smallest absolute Gasteiger partial charge is 0.261 e. The van der Waals surface area contributed by atoms with Crippen LogP contribution in [0.15, 0.2) is 47.4 Å². The Morgan fingerprint density at radius 2 is 1.79 bits per heavy atom. The molecule has 1 aliphatic rings. The van der Waals surface area contributed by atoms with E-state index in [1.54, 1.807) is 18.2 Å². The van der Waals surface area contributed by atoms with Crippen molar-refractivity contribution in [1.82, 2.24) is 0 Å². The van der Waals surface area contributed by atoms with E-state index in [1.165, 1.54) is 0 Å². The van der Waals surface area contributed by atoms with Gasteiger partial charge >= 0.3 is 0 Å². The van der Waals surface area contributed by atoms with E-state index in [9.17, 15) is 13.2 Å². The summed E-state index contributed by atoms with van der Waals surface area (Å²) < 4.78 is 28.2. The molecule has 1 N–H and O–H groups in total. The van der Waals surface area contributed by atoms with Gasteiger partial charge in [0.2, 0.25) is 5.91 Å². The van der Waals surface area contributed by atoms with Gasteiger partial charge in [-0.15, -0.1) is 0 Å². The Morgan fingerprint density at radius 1 is 1.07 bits per heavy atom. The molecule has 1 aliphatic heterocycles. The topological polar surface area (TPSA) is 66.5 Å². The molecule has 6 heteroatoms. The van der Waals surface area contributed by atoms with Crippen LogP contribution in [0.25, 0.3) is 0 Å². The van der Waals surface area contributed by atoms with Crippen LogP contribution >= 0.6 is 0 Å². The van der Waals surface area contributed by atoms with Gasteiger partial charge in [0.15, 0.2) is 0 Å². The Labute approximate surface area is 174 Å². The van der Waals surface area contributed by atoms with Crippen LogP contribution < -0.4 is 9.62 Å². The lowest BCUT2D eigenvalue weighted by Gasteiger charge is -2.30. The van der Waals surface area contributed by atoms with Gasteiger partial charge < -0.3 is 4.90 Å². The number of nitrogens with one attached hydrogen (secondary N) is 1. The van der Waals surface area contributed by atoms with Crippen LogP contribution in [0.4, 0.5) is 11.4 Å². The van der Waals surface area contributed by atoms with Crippen LogP contribution in [-0.4, -0.2) is 20.9 Å². The Hall–Kier alpha value is -2.34. The van der Waals surface area contributed by atoms with Crippen molar-refractivity contribution in [1.29, 1.82) is 0 Å². The quantitative estimate of drug-likeness (QED) is 0.677. The Morgan fingerprint density at radius 3 is 2.45 bits per heavy atom. The van der Waals surface area contributed by atoms with Crippen molar-refractivity contribution >= 4 is 27.3 Å². The van der Waals surface area contributed by atoms with E-state index in [0.717, 1.165) is 36.1 Å². The highest BCUT2D eigenvalue weighted by Gasteiger charge is 2.25. The Balaban J connectivity index is 1.79. The highest BCUT2D eigenvalue weighted by molar-refractivity contribution is 7.92. The molecule has 156 valence electrons. The molecular formula is C23H30N2O3S. The van der Waals surface area contributed by atoms with Gasteiger partial charge in [0, 0.05) is 24.3 Å². The lowest BCUT2D eigenvalue weighted by atomic mass is 9.99. The zero-order valence-corrected chi connectivity index (χ0v) is 18.3. The van der Waals surface area contributed by atoms with E-state index >= 15 is 0 Å². The van der Waals surface area contributed by atoms with Crippen molar-refractivity contribution in [3.05, 3.63) is 53.6 Å². The summed E-state index contributed by atoms with van der Waals surface area (Å²) in [4.78, 5) is 14.4. The van der Waals surface area contributed by atoms with E-state index in [4.69, 9.17) is 0 Å². The van der Waals surface area contributed by atoms with E-state index in [0.29, 0.717) is 31.0 Å². The fraction of sp³-hybridized carbons (Fsp3) is 0.435. The van der Waals surface area contributed by atoms with Crippen molar-refractivity contribution < 1.29 is 13.2 Å². The molecule has 0 unspecified atom stereocenters. The summed E-state index contributed by atoms with van der Waals surface area (Å²) in [6.45, 7) is 7.07. The van der Waals surface area contributed by atoms with Crippen LogP contribution in [-0.2, 0) is 27.7 Å². The van der Waals surface area contributed by atoms with Crippen LogP contribution in [0, 0.1) is 5.92 Å². The minimum Gasteiger partial charge on any atom is -0.312 e. The number of carbonyl (C=O) groups excluding carboxylic acids is 1. The second-order valence-electron chi connectivity index (χ2n) is 8.07. The van der Waals surface area contributed by atoms with Crippen molar-refractivity contribution in [2.45, 2.75) is 57.8 Å². The minimum absolute atomic E-state index is 0.138. The molecule has 0 bridgehead atoms. The van der Waals surface area contributed by atoms with Crippen molar-refractivity contribution in [3.63, 3.8) is 0 Å². The number of amides is 1. The zero-order valence-electron chi connectivity index (χ0n) is 17.4. The molecule has 29 heavy (non-hydrogen) atoms. The first-order chi connectivity index (χ1) is 13.8. The maximum absolute atomic E-state index is 12.8. The minimum atomic E-state index is -3.65. The first kappa shape index (κ1) is 21.4. The molecule has 2 aromatic rings. The SMILES string of the molecule is CCCc1ccc(S(=O)(=O)Nc2ccc3c(c2)CCC(=O)N3CCC(C)C)cc1. The normalized spacial score (nSPS) is 14.2. The van der Waals surface area contributed by atoms with Crippen LogP contribution in [0.2, 0.25) is 0 Å². The fourth-order valence-electron chi connectivity index (χ4n) is 3.59. The molecule has 1 heterocycles. The summed E-state index contributed by atoms with van der Waals surface area (Å²) >= 11 is 0. The number of aryl methyl sites for hydroxylation is 2. The number of hydrogen-bond donors (Lipinski definition) is 1. The third-order valence-electron chi connectivity index (χ3n) is 5.23. The maximum atomic E-state index is 12.8. The lowest BCUT2D eigenvalue weighted by molar-refractivity contribution is -0.118.